The Hall–Kier alpha value is -1.06. The summed E-state index contributed by atoms with van der Waals surface area (Å²) in [6.45, 7) is 3.70. The second-order valence-corrected chi connectivity index (χ2v) is 4.89. The molecule has 1 unspecified atom stereocenters. The lowest BCUT2D eigenvalue weighted by Crippen LogP contribution is -2.27. The molecule has 104 valence electrons. The second kappa shape index (κ2) is 7.51. The molecular weight excluding hydrogens is 287 g/mol. The van der Waals surface area contributed by atoms with E-state index in [0.29, 0.717) is 16.5 Å². The molecule has 1 aromatic rings. The highest BCUT2D eigenvalue weighted by Gasteiger charge is 2.26. The van der Waals surface area contributed by atoms with E-state index >= 15 is 0 Å². The molecule has 0 bridgehead atoms. The van der Waals surface area contributed by atoms with Crippen LogP contribution in [0.5, 0.6) is 0 Å². The molecule has 0 aliphatic heterocycles. The fourth-order valence-electron chi connectivity index (χ4n) is 1.72. The Bertz CT molecular complexity index is 472. The van der Waals surface area contributed by atoms with Gasteiger partial charge < -0.3 is 4.74 Å². The summed E-state index contributed by atoms with van der Waals surface area (Å²) in [5.41, 5.74) is 0.786. The van der Waals surface area contributed by atoms with E-state index in [0.717, 1.165) is 5.56 Å². The van der Waals surface area contributed by atoms with Gasteiger partial charge in [0.2, 0.25) is 0 Å². The molecule has 1 atom stereocenters. The highest BCUT2D eigenvalue weighted by atomic mass is 35.5. The third-order valence-electron chi connectivity index (χ3n) is 2.73. The molecule has 1 aromatic carbocycles. The van der Waals surface area contributed by atoms with Gasteiger partial charge in [-0.05, 0) is 31.0 Å². The fraction of sp³-hybridized carbons (Fsp3) is 0.429. The van der Waals surface area contributed by atoms with Gasteiger partial charge in [0.25, 0.3) is 0 Å². The summed E-state index contributed by atoms with van der Waals surface area (Å²) in [6, 6.07) is 5.07. The molecule has 0 aromatic heterocycles. The van der Waals surface area contributed by atoms with Crippen LogP contribution in [0.2, 0.25) is 10.0 Å². The fourth-order valence-corrected chi connectivity index (χ4v) is 2.04. The van der Waals surface area contributed by atoms with Gasteiger partial charge in [-0.2, -0.15) is 0 Å². The number of rotatable bonds is 6. The van der Waals surface area contributed by atoms with E-state index in [1.807, 2.05) is 0 Å². The lowest BCUT2D eigenvalue weighted by Gasteiger charge is -2.14. The van der Waals surface area contributed by atoms with E-state index in [-0.39, 0.29) is 18.8 Å². The molecule has 0 fully saturated rings. The Kier molecular flexibility index (Phi) is 6.32. The maximum absolute atomic E-state index is 11.8. The first-order valence-electron chi connectivity index (χ1n) is 6.12. The van der Waals surface area contributed by atoms with Gasteiger partial charge in [-0.3, -0.25) is 9.59 Å². The third-order valence-corrected chi connectivity index (χ3v) is 3.47. The summed E-state index contributed by atoms with van der Waals surface area (Å²) in [5, 5.41) is 0.852. The van der Waals surface area contributed by atoms with Crippen molar-refractivity contribution in [3.8, 4) is 0 Å². The van der Waals surface area contributed by atoms with Gasteiger partial charge in [-0.25, -0.2) is 0 Å². The molecule has 0 aliphatic rings. The molecule has 3 nitrogen and oxygen atoms in total. The van der Waals surface area contributed by atoms with Gasteiger partial charge in [0.1, 0.15) is 11.7 Å². The number of hydrogen-bond donors (Lipinski definition) is 0. The maximum Gasteiger partial charge on any atom is 0.316 e. The molecule has 0 saturated carbocycles. The normalized spacial score (nSPS) is 12.0. The van der Waals surface area contributed by atoms with E-state index < -0.39 is 11.9 Å². The molecular formula is C14H16Cl2O3. The van der Waals surface area contributed by atoms with E-state index in [1.165, 1.54) is 0 Å². The Morgan fingerprint density at radius 3 is 2.42 bits per heavy atom. The lowest BCUT2D eigenvalue weighted by molar-refractivity contribution is -0.151. The van der Waals surface area contributed by atoms with Crippen LogP contribution in [0.3, 0.4) is 0 Å². The van der Waals surface area contributed by atoms with Gasteiger partial charge in [0.05, 0.1) is 16.7 Å². The molecule has 0 saturated heterocycles. The average Bonchev–Trinajstić information content (AvgIpc) is 2.39. The van der Waals surface area contributed by atoms with Crippen LogP contribution in [0.15, 0.2) is 18.2 Å². The number of carbonyl (C=O) groups excluding carboxylic acids is 2. The van der Waals surface area contributed by atoms with Gasteiger partial charge in [0.15, 0.2) is 0 Å². The van der Waals surface area contributed by atoms with Crippen LogP contribution in [0, 0.1) is 5.92 Å². The minimum atomic E-state index is -0.776. The summed E-state index contributed by atoms with van der Waals surface area (Å²) in [7, 11) is 0. The van der Waals surface area contributed by atoms with Crippen molar-refractivity contribution < 1.29 is 14.3 Å². The monoisotopic (exact) mass is 302 g/mol. The van der Waals surface area contributed by atoms with Gasteiger partial charge >= 0.3 is 5.97 Å². The van der Waals surface area contributed by atoms with Crippen molar-refractivity contribution in [2.45, 2.75) is 26.7 Å². The molecule has 0 amide bonds. The van der Waals surface area contributed by atoms with E-state index in [1.54, 1.807) is 32.0 Å². The molecule has 5 heteroatoms. The second-order valence-electron chi connectivity index (χ2n) is 4.08. The number of ether oxygens (including phenoxy) is 1. The minimum absolute atomic E-state index is 0.135. The van der Waals surface area contributed by atoms with Crippen molar-refractivity contribution in [3.05, 3.63) is 33.8 Å². The molecule has 0 N–H and O–H groups in total. The van der Waals surface area contributed by atoms with Crippen molar-refractivity contribution in [2.75, 3.05) is 6.61 Å². The molecule has 0 heterocycles. The first kappa shape index (κ1) is 16.0. The van der Waals surface area contributed by atoms with Crippen molar-refractivity contribution in [1.82, 2.24) is 0 Å². The zero-order valence-corrected chi connectivity index (χ0v) is 12.4. The highest BCUT2D eigenvalue weighted by molar-refractivity contribution is 6.42. The number of halogens is 2. The van der Waals surface area contributed by atoms with Crippen LogP contribution < -0.4 is 0 Å². The first-order chi connectivity index (χ1) is 8.99. The first-order valence-corrected chi connectivity index (χ1v) is 6.88. The standard InChI is InChI=1S/C14H16Cl2O3/c1-3-13(17)10(14(18)19-4-2)7-9-5-6-11(15)12(16)8-9/h5-6,8,10H,3-4,7H2,1-2H3. The zero-order valence-electron chi connectivity index (χ0n) is 10.9. The number of esters is 1. The number of Topliss-reactive ketones (excluding diaryl/α,β-unsaturated/α-hetero) is 1. The van der Waals surface area contributed by atoms with Crippen LogP contribution in [-0.4, -0.2) is 18.4 Å². The maximum atomic E-state index is 11.8. The van der Waals surface area contributed by atoms with Crippen LogP contribution in [0.4, 0.5) is 0 Å². The van der Waals surface area contributed by atoms with Crippen molar-refractivity contribution in [2.24, 2.45) is 5.92 Å². The molecule has 0 spiro atoms. The summed E-state index contributed by atoms with van der Waals surface area (Å²) in [5.74, 6) is -1.40. The van der Waals surface area contributed by atoms with E-state index in [4.69, 9.17) is 27.9 Å². The summed E-state index contributed by atoms with van der Waals surface area (Å²) >= 11 is 11.7. The summed E-state index contributed by atoms with van der Waals surface area (Å²) in [6.07, 6.45) is 0.577. The quantitative estimate of drug-likeness (QED) is 0.594. The zero-order chi connectivity index (χ0) is 14.4. The number of ketones is 1. The number of benzene rings is 1. The third kappa shape index (κ3) is 4.51. The van der Waals surface area contributed by atoms with E-state index in [2.05, 4.69) is 0 Å². The Labute approximate surface area is 122 Å². The Balaban J connectivity index is 2.90. The molecule has 19 heavy (non-hydrogen) atoms. The van der Waals surface area contributed by atoms with Gasteiger partial charge in [0, 0.05) is 6.42 Å². The summed E-state index contributed by atoms with van der Waals surface area (Å²) in [4.78, 5) is 23.6. The van der Waals surface area contributed by atoms with Crippen LogP contribution >= 0.6 is 23.2 Å². The Morgan fingerprint density at radius 2 is 1.89 bits per heavy atom. The molecule has 0 aliphatic carbocycles. The van der Waals surface area contributed by atoms with Crippen LogP contribution in [-0.2, 0) is 20.7 Å². The smallest absolute Gasteiger partial charge is 0.316 e. The highest BCUT2D eigenvalue weighted by Crippen LogP contribution is 2.24. The van der Waals surface area contributed by atoms with Gasteiger partial charge in [-0.15, -0.1) is 0 Å². The van der Waals surface area contributed by atoms with Gasteiger partial charge in [-0.1, -0.05) is 36.2 Å². The van der Waals surface area contributed by atoms with E-state index in [9.17, 15) is 9.59 Å². The predicted molar refractivity (Wildman–Crippen MR) is 75.6 cm³/mol. The number of carbonyl (C=O) groups is 2. The minimum Gasteiger partial charge on any atom is -0.465 e. The Morgan fingerprint density at radius 1 is 1.21 bits per heavy atom. The molecule has 1 rings (SSSR count). The van der Waals surface area contributed by atoms with Crippen molar-refractivity contribution >= 4 is 35.0 Å². The summed E-state index contributed by atoms with van der Waals surface area (Å²) < 4.78 is 4.93. The number of hydrogen-bond acceptors (Lipinski definition) is 3. The van der Waals surface area contributed by atoms with Crippen molar-refractivity contribution in [3.63, 3.8) is 0 Å². The average molecular weight is 303 g/mol. The lowest BCUT2D eigenvalue weighted by atomic mass is 9.94. The van der Waals surface area contributed by atoms with Crippen LogP contribution in [0.25, 0.3) is 0 Å². The molecule has 0 radical (unpaired) electrons. The SMILES string of the molecule is CCOC(=O)C(Cc1ccc(Cl)c(Cl)c1)C(=O)CC. The largest absolute Gasteiger partial charge is 0.465 e. The van der Waals surface area contributed by atoms with Crippen LogP contribution in [0.1, 0.15) is 25.8 Å². The topological polar surface area (TPSA) is 43.4 Å². The van der Waals surface area contributed by atoms with Crippen molar-refractivity contribution in [1.29, 1.82) is 0 Å². The predicted octanol–water partition coefficient (Wildman–Crippen LogP) is 3.69.